The molecule has 0 unspecified atom stereocenters. The van der Waals surface area contributed by atoms with Crippen molar-refractivity contribution in [2.75, 3.05) is 13.2 Å². The van der Waals surface area contributed by atoms with Gasteiger partial charge in [-0.15, -0.1) is 0 Å². The molecule has 0 bridgehead atoms. The fourth-order valence-corrected chi connectivity index (χ4v) is 3.84. The normalized spacial score (nSPS) is 11.3. The van der Waals surface area contributed by atoms with E-state index >= 15 is 0 Å². The molecule has 0 aliphatic rings. The molecule has 0 aliphatic heterocycles. The predicted octanol–water partition coefficient (Wildman–Crippen LogP) is 9.61. The van der Waals surface area contributed by atoms with Crippen molar-refractivity contribution >= 4 is 12.2 Å². The summed E-state index contributed by atoms with van der Waals surface area (Å²) in [5.74, 6) is -0.347. The highest BCUT2D eigenvalue weighted by Crippen LogP contribution is 2.25. The van der Waals surface area contributed by atoms with Crippen molar-refractivity contribution in [3.8, 4) is 11.5 Å². The second-order valence-electron chi connectivity index (χ2n) is 8.88. The number of unbranched alkanes of at least 4 members (excludes halogenated alkanes) is 10. The summed E-state index contributed by atoms with van der Waals surface area (Å²) < 4.78 is 41.0. The Labute approximate surface area is 205 Å². The van der Waals surface area contributed by atoms with Crippen molar-refractivity contribution in [2.45, 2.75) is 90.9 Å². The van der Waals surface area contributed by atoms with Gasteiger partial charge in [-0.05, 0) is 25.0 Å². The number of benzene rings is 2. The van der Waals surface area contributed by atoms with Gasteiger partial charge < -0.3 is 9.47 Å². The molecule has 0 saturated carbocycles. The third kappa shape index (κ3) is 10.3. The second kappa shape index (κ2) is 17.1. The van der Waals surface area contributed by atoms with E-state index in [0.29, 0.717) is 24.3 Å². The summed E-state index contributed by atoms with van der Waals surface area (Å²) in [5.41, 5.74) is 0.747. The number of rotatable bonds is 18. The molecule has 2 aromatic carbocycles. The molecule has 0 aliphatic carbocycles. The van der Waals surface area contributed by atoms with Crippen LogP contribution in [0.1, 0.15) is 102 Å². The van der Waals surface area contributed by atoms with Crippen LogP contribution >= 0.6 is 0 Å². The molecular formula is C30H42F2O2. The Hall–Kier alpha value is -2.36. The summed E-state index contributed by atoms with van der Waals surface area (Å²) in [6.45, 7) is 5.40. The maximum Gasteiger partial charge on any atom is 0.172 e. The fourth-order valence-electron chi connectivity index (χ4n) is 3.84. The monoisotopic (exact) mass is 472 g/mol. The lowest BCUT2D eigenvalue weighted by Gasteiger charge is -2.10. The summed E-state index contributed by atoms with van der Waals surface area (Å²) in [4.78, 5) is 0. The zero-order valence-corrected chi connectivity index (χ0v) is 21.1. The van der Waals surface area contributed by atoms with Crippen molar-refractivity contribution in [3.63, 3.8) is 0 Å². The molecule has 0 heterocycles. The number of halogens is 2. The van der Waals surface area contributed by atoms with E-state index in [1.165, 1.54) is 51.4 Å². The van der Waals surface area contributed by atoms with Crippen LogP contribution in [0.4, 0.5) is 8.78 Å². The van der Waals surface area contributed by atoms with E-state index in [9.17, 15) is 8.78 Å². The first-order valence-electron chi connectivity index (χ1n) is 13.2. The summed E-state index contributed by atoms with van der Waals surface area (Å²) >= 11 is 0. The molecule has 0 aromatic heterocycles. The smallest absolute Gasteiger partial charge is 0.172 e. The highest BCUT2D eigenvalue weighted by molar-refractivity contribution is 5.71. The lowest BCUT2D eigenvalue weighted by Crippen LogP contribution is -2.00. The van der Waals surface area contributed by atoms with Crippen molar-refractivity contribution in [1.82, 2.24) is 0 Å². The third-order valence-corrected chi connectivity index (χ3v) is 5.94. The first-order valence-corrected chi connectivity index (χ1v) is 13.2. The van der Waals surface area contributed by atoms with E-state index in [1.54, 1.807) is 48.6 Å². The van der Waals surface area contributed by atoms with Crippen LogP contribution in [0.3, 0.4) is 0 Å². The first-order chi connectivity index (χ1) is 16.7. The molecule has 2 aromatic rings. The molecule has 0 atom stereocenters. The van der Waals surface area contributed by atoms with Gasteiger partial charge in [0.25, 0.3) is 0 Å². The Balaban J connectivity index is 1.87. The van der Waals surface area contributed by atoms with Gasteiger partial charge in [0, 0.05) is 11.1 Å². The summed E-state index contributed by atoms with van der Waals surface area (Å²) in [6, 6.07) is 10.1. The van der Waals surface area contributed by atoms with E-state index < -0.39 is 11.6 Å². The summed E-state index contributed by atoms with van der Waals surface area (Å²) in [6.07, 6.45) is 17.0. The lowest BCUT2D eigenvalue weighted by molar-refractivity contribution is 0.289. The lowest BCUT2D eigenvalue weighted by atomic mass is 10.1. The van der Waals surface area contributed by atoms with Crippen LogP contribution in [0.25, 0.3) is 12.2 Å². The molecule has 0 amide bonds. The average Bonchev–Trinajstić information content (AvgIpc) is 2.84. The highest BCUT2D eigenvalue weighted by Gasteiger charge is 2.10. The Bertz CT molecular complexity index is 778. The van der Waals surface area contributed by atoms with Gasteiger partial charge >= 0.3 is 0 Å². The van der Waals surface area contributed by atoms with Gasteiger partial charge in [0.15, 0.2) is 23.1 Å². The largest absolute Gasteiger partial charge is 0.490 e. The Morgan fingerprint density at radius 1 is 0.559 bits per heavy atom. The van der Waals surface area contributed by atoms with Crippen molar-refractivity contribution in [1.29, 1.82) is 0 Å². The molecule has 0 radical (unpaired) electrons. The van der Waals surface area contributed by atoms with E-state index in [1.807, 2.05) is 0 Å². The quantitative estimate of drug-likeness (QED) is 0.159. The maximum absolute atomic E-state index is 14.9. The van der Waals surface area contributed by atoms with Crippen LogP contribution < -0.4 is 9.47 Å². The van der Waals surface area contributed by atoms with Crippen molar-refractivity contribution in [3.05, 3.63) is 59.2 Å². The van der Waals surface area contributed by atoms with Crippen LogP contribution in [0.5, 0.6) is 11.5 Å². The minimum Gasteiger partial charge on any atom is -0.490 e. The maximum atomic E-state index is 14.9. The number of hydrogen-bond acceptors (Lipinski definition) is 2. The van der Waals surface area contributed by atoms with Gasteiger partial charge in [-0.1, -0.05) is 114 Å². The second-order valence-corrected chi connectivity index (χ2v) is 8.88. The standard InChI is InChI=1S/C30H42F2O2/c1-3-5-7-9-11-13-23-33-27-19-15-17-25(29(27)31)21-22-26-18-16-20-28(30(26)32)34-24-14-12-10-8-6-4-2/h15-22H,3-14,23-24H2,1-2H3. The Morgan fingerprint density at radius 3 is 1.35 bits per heavy atom. The molecule has 188 valence electrons. The molecular weight excluding hydrogens is 430 g/mol. The van der Waals surface area contributed by atoms with Crippen LogP contribution in [-0.4, -0.2) is 13.2 Å². The number of hydrogen-bond donors (Lipinski definition) is 0. The molecule has 0 fully saturated rings. The van der Waals surface area contributed by atoms with Crippen molar-refractivity contribution < 1.29 is 18.3 Å². The SMILES string of the molecule is CCCCCCCCOc1cccc(C=Cc2cccc(OCCCCCCCC)c2F)c1F. The fraction of sp³-hybridized carbons (Fsp3) is 0.533. The predicted molar refractivity (Wildman–Crippen MR) is 139 cm³/mol. The molecule has 0 spiro atoms. The average molecular weight is 473 g/mol. The van der Waals surface area contributed by atoms with Crippen LogP contribution in [0.2, 0.25) is 0 Å². The molecule has 2 rings (SSSR count). The van der Waals surface area contributed by atoms with Gasteiger partial charge in [-0.2, -0.15) is 0 Å². The van der Waals surface area contributed by atoms with Crippen LogP contribution in [0, 0.1) is 11.6 Å². The Kier molecular flexibility index (Phi) is 14.0. The minimum absolute atomic E-state index is 0.243. The van der Waals surface area contributed by atoms with Gasteiger partial charge in [0.1, 0.15) is 0 Å². The van der Waals surface area contributed by atoms with Crippen LogP contribution in [-0.2, 0) is 0 Å². The summed E-state index contributed by atoms with van der Waals surface area (Å²) in [7, 11) is 0. The number of ether oxygens (including phenoxy) is 2. The van der Waals surface area contributed by atoms with Crippen LogP contribution in [0.15, 0.2) is 36.4 Å². The van der Waals surface area contributed by atoms with E-state index in [0.717, 1.165) is 25.7 Å². The highest BCUT2D eigenvalue weighted by atomic mass is 19.1. The Morgan fingerprint density at radius 2 is 0.941 bits per heavy atom. The van der Waals surface area contributed by atoms with Gasteiger partial charge in [0.2, 0.25) is 0 Å². The zero-order valence-electron chi connectivity index (χ0n) is 21.1. The molecule has 4 heteroatoms. The van der Waals surface area contributed by atoms with E-state index in [4.69, 9.17) is 9.47 Å². The molecule has 0 N–H and O–H groups in total. The zero-order chi connectivity index (χ0) is 24.4. The van der Waals surface area contributed by atoms with Gasteiger partial charge in [-0.3, -0.25) is 0 Å². The molecule has 34 heavy (non-hydrogen) atoms. The van der Waals surface area contributed by atoms with Gasteiger partial charge in [-0.25, -0.2) is 8.78 Å². The van der Waals surface area contributed by atoms with E-state index in [-0.39, 0.29) is 11.5 Å². The van der Waals surface area contributed by atoms with E-state index in [2.05, 4.69) is 13.8 Å². The van der Waals surface area contributed by atoms with Gasteiger partial charge in [0.05, 0.1) is 13.2 Å². The topological polar surface area (TPSA) is 18.5 Å². The molecule has 0 saturated heterocycles. The van der Waals surface area contributed by atoms with Crippen molar-refractivity contribution in [2.24, 2.45) is 0 Å². The first kappa shape index (κ1) is 27.9. The summed E-state index contributed by atoms with van der Waals surface area (Å²) in [5, 5.41) is 0. The minimum atomic E-state index is -0.416. The molecule has 2 nitrogen and oxygen atoms in total. The third-order valence-electron chi connectivity index (χ3n) is 5.94.